The third kappa shape index (κ3) is 3.61. The van der Waals surface area contributed by atoms with Gasteiger partial charge < -0.3 is 10.6 Å². The molecule has 0 radical (unpaired) electrons. The number of benzene rings is 1. The van der Waals surface area contributed by atoms with Crippen LogP contribution in [-0.4, -0.2) is 23.4 Å². The number of non-ortho nitro benzene ring substituents is 1. The molecule has 6 nitrogen and oxygen atoms in total. The maximum absolute atomic E-state index is 12.9. The molecule has 114 valence electrons. The molecule has 2 N–H and O–H groups in total. The molecule has 1 aliphatic rings. The molecule has 1 aromatic carbocycles. The minimum Gasteiger partial charge on any atom is -0.382 e. The van der Waals surface area contributed by atoms with Gasteiger partial charge in [-0.2, -0.15) is 13.2 Å². The molecule has 0 aromatic heterocycles. The Hall–Kier alpha value is -2.32. The van der Waals surface area contributed by atoms with Crippen LogP contribution in [0.1, 0.15) is 18.4 Å². The average Bonchev–Trinajstić information content (AvgIpc) is 2.81. The summed E-state index contributed by atoms with van der Waals surface area (Å²) in [5.41, 5.74) is -1.96. The topological polar surface area (TPSA) is 84.3 Å². The van der Waals surface area contributed by atoms with Crippen LogP contribution in [0.5, 0.6) is 0 Å². The molecule has 1 heterocycles. The van der Waals surface area contributed by atoms with Crippen LogP contribution in [0.4, 0.5) is 24.5 Å². The largest absolute Gasteiger partial charge is 0.418 e. The summed E-state index contributed by atoms with van der Waals surface area (Å²) in [6.07, 6.45) is -3.81. The van der Waals surface area contributed by atoms with Crippen molar-refractivity contribution in [2.45, 2.75) is 25.1 Å². The smallest absolute Gasteiger partial charge is 0.382 e. The summed E-state index contributed by atoms with van der Waals surface area (Å²) in [7, 11) is 0. The molecule has 1 saturated heterocycles. The van der Waals surface area contributed by atoms with Crippen LogP contribution in [0.25, 0.3) is 0 Å². The Kier molecular flexibility index (Phi) is 4.01. The van der Waals surface area contributed by atoms with Gasteiger partial charge in [0.05, 0.1) is 10.5 Å². The van der Waals surface area contributed by atoms with Gasteiger partial charge in [0.1, 0.15) is 0 Å². The molecule has 9 heteroatoms. The second-order valence-corrected chi connectivity index (χ2v) is 4.67. The number of alkyl halides is 3. The summed E-state index contributed by atoms with van der Waals surface area (Å²) in [4.78, 5) is 20.7. The fraction of sp³-hybridized carbons (Fsp3) is 0.417. The summed E-state index contributed by atoms with van der Waals surface area (Å²) in [6, 6.07) is 2.28. The van der Waals surface area contributed by atoms with Crippen molar-refractivity contribution in [1.29, 1.82) is 0 Å². The highest BCUT2D eigenvalue weighted by atomic mass is 19.4. The van der Waals surface area contributed by atoms with E-state index >= 15 is 0 Å². The number of amides is 1. The summed E-state index contributed by atoms with van der Waals surface area (Å²) >= 11 is 0. The highest BCUT2D eigenvalue weighted by molar-refractivity contribution is 5.78. The Bertz CT molecular complexity index is 575. The summed E-state index contributed by atoms with van der Waals surface area (Å²) in [6.45, 7) is 0.132. The van der Waals surface area contributed by atoms with Crippen LogP contribution < -0.4 is 10.6 Å². The zero-order valence-corrected chi connectivity index (χ0v) is 10.7. The van der Waals surface area contributed by atoms with Gasteiger partial charge in [0.2, 0.25) is 5.91 Å². The second kappa shape index (κ2) is 5.58. The van der Waals surface area contributed by atoms with Gasteiger partial charge in [0, 0.05) is 36.8 Å². The molecular formula is C12H12F3N3O3. The van der Waals surface area contributed by atoms with Gasteiger partial charge in [-0.1, -0.05) is 0 Å². The van der Waals surface area contributed by atoms with Gasteiger partial charge in [0.15, 0.2) is 0 Å². The lowest BCUT2D eigenvalue weighted by atomic mass is 10.1. The van der Waals surface area contributed by atoms with E-state index in [9.17, 15) is 28.1 Å². The number of anilines is 1. The van der Waals surface area contributed by atoms with E-state index in [-0.39, 0.29) is 24.2 Å². The van der Waals surface area contributed by atoms with Crippen LogP contribution in [0.2, 0.25) is 0 Å². The Balaban J connectivity index is 2.18. The van der Waals surface area contributed by atoms with Gasteiger partial charge >= 0.3 is 6.18 Å². The Morgan fingerprint density at radius 1 is 1.43 bits per heavy atom. The van der Waals surface area contributed by atoms with Crippen LogP contribution in [-0.2, 0) is 11.0 Å². The first-order chi connectivity index (χ1) is 9.77. The minimum atomic E-state index is -4.70. The van der Waals surface area contributed by atoms with Crippen molar-refractivity contribution in [3.63, 3.8) is 0 Å². The molecule has 0 aliphatic carbocycles. The summed E-state index contributed by atoms with van der Waals surface area (Å²) in [5, 5.41) is 15.8. The number of rotatable bonds is 4. The van der Waals surface area contributed by atoms with Crippen molar-refractivity contribution >= 4 is 17.3 Å². The van der Waals surface area contributed by atoms with Crippen molar-refractivity contribution < 1.29 is 22.9 Å². The molecule has 0 saturated carbocycles. The molecule has 1 aromatic rings. The maximum Gasteiger partial charge on any atom is 0.418 e. The zero-order chi connectivity index (χ0) is 15.6. The van der Waals surface area contributed by atoms with E-state index in [2.05, 4.69) is 10.6 Å². The van der Waals surface area contributed by atoms with Gasteiger partial charge in [0.25, 0.3) is 5.69 Å². The first-order valence-corrected chi connectivity index (χ1v) is 6.16. The third-order valence-corrected chi connectivity index (χ3v) is 3.14. The van der Waals surface area contributed by atoms with Crippen LogP contribution in [0, 0.1) is 10.1 Å². The highest BCUT2D eigenvalue weighted by Crippen LogP contribution is 2.37. The zero-order valence-electron chi connectivity index (χ0n) is 10.7. The van der Waals surface area contributed by atoms with Crippen molar-refractivity contribution in [1.82, 2.24) is 5.32 Å². The molecule has 1 atom stereocenters. The predicted molar refractivity (Wildman–Crippen MR) is 67.8 cm³/mol. The van der Waals surface area contributed by atoms with E-state index in [0.29, 0.717) is 18.9 Å². The van der Waals surface area contributed by atoms with Gasteiger partial charge in [-0.15, -0.1) is 0 Å². The van der Waals surface area contributed by atoms with E-state index < -0.39 is 22.4 Å². The maximum atomic E-state index is 12.9. The molecule has 1 unspecified atom stereocenters. The van der Waals surface area contributed by atoms with Crippen LogP contribution in [0.15, 0.2) is 18.2 Å². The van der Waals surface area contributed by atoms with Crippen LogP contribution in [0.3, 0.4) is 0 Å². The van der Waals surface area contributed by atoms with E-state index in [1.807, 2.05) is 0 Å². The standard InChI is InChI=1S/C12H12F3N3O3/c13-12(14,15)9-5-8(18(20)21)2-3-10(9)16-6-7-1-4-11(19)17-7/h2-3,5,7,16H,1,4,6H2,(H,17,19). The fourth-order valence-electron chi connectivity index (χ4n) is 2.10. The monoisotopic (exact) mass is 303 g/mol. The number of carbonyl (C=O) groups is 1. The lowest BCUT2D eigenvalue weighted by Gasteiger charge is -2.17. The average molecular weight is 303 g/mol. The summed E-state index contributed by atoms with van der Waals surface area (Å²) in [5.74, 6) is -0.137. The number of nitrogens with zero attached hydrogens (tertiary/aromatic N) is 1. The van der Waals surface area contributed by atoms with E-state index in [1.54, 1.807) is 0 Å². The van der Waals surface area contributed by atoms with E-state index in [1.165, 1.54) is 0 Å². The van der Waals surface area contributed by atoms with Gasteiger partial charge in [-0.05, 0) is 12.5 Å². The predicted octanol–water partition coefficient (Wildman–Crippen LogP) is 2.30. The highest BCUT2D eigenvalue weighted by Gasteiger charge is 2.35. The van der Waals surface area contributed by atoms with Crippen LogP contribution >= 0.6 is 0 Å². The number of hydrogen-bond donors (Lipinski definition) is 2. The first-order valence-electron chi connectivity index (χ1n) is 6.16. The fourth-order valence-corrected chi connectivity index (χ4v) is 2.10. The Labute approximate surface area is 117 Å². The molecule has 1 aliphatic heterocycles. The lowest BCUT2D eigenvalue weighted by Crippen LogP contribution is -2.32. The molecule has 21 heavy (non-hydrogen) atoms. The quantitative estimate of drug-likeness (QED) is 0.660. The Morgan fingerprint density at radius 2 is 2.14 bits per heavy atom. The first kappa shape index (κ1) is 15.1. The Morgan fingerprint density at radius 3 is 2.67 bits per heavy atom. The lowest BCUT2D eigenvalue weighted by molar-refractivity contribution is -0.385. The van der Waals surface area contributed by atoms with Gasteiger partial charge in [-0.3, -0.25) is 14.9 Å². The van der Waals surface area contributed by atoms with Crippen molar-refractivity contribution in [3.8, 4) is 0 Å². The second-order valence-electron chi connectivity index (χ2n) is 4.67. The number of halogens is 3. The molecule has 2 rings (SSSR count). The number of nitro groups is 1. The minimum absolute atomic E-state index is 0.132. The number of hydrogen-bond acceptors (Lipinski definition) is 4. The van der Waals surface area contributed by atoms with Gasteiger partial charge in [-0.25, -0.2) is 0 Å². The number of nitro benzene ring substituents is 1. The molecular weight excluding hydrogens is 291 g/mol. The normalized spacial score (nSPS) is 18.4. The van der Waals surface area contributed by atoms with Crippen molar-refractivity contribution in [2.24, 2.45) is 0 Å². The van der Waals surface area contributed by atoms with E-state index in [0.717, 1.165) is 12.1 Å². The van der Waals surface area contributed by atoms with Crippen molar-refractivity contribution in [2.75, 3.05) is 11.9 Å². The number of nitrogens with one attached hydrogen (secondary N) is 2. The number of carbonyl (C=O) groups excluding carboxylic acids is 1. The SMILES string of the molecule is O=C1CCC(CNc2ccc([N+](=O)[O-])cc2C(F)(F)F)N1. The molecule has 1 fully saturated rings. The molecule has 1 amide bonds. The third-order valence-electron chi connectivity index (χ3n) is 3.14. The molecule has 0 spiro atoms. The van der Waals surface area contributed by atoms with Crippen molar-refractivity contribution in [3.05, 3.63) is 33.9 Å². The molecule has 0 bridgehead atoms. The van der Waals surface area contributed by atoms with E-state index in [4.69, 9.17) is 0 Å². The summed E-state index contributed by atoms with van der Waals surface area (Å²) < 4.78 is 38.8.